The van der Waals surface area contributed by atoms with Crippen LogP contribution in [0.3, 0.4) is 0 Å². The third kappa shape index (κ3) is 3.63. The highest BCUT2D eigenvalue weighted by molar-refractivity contribution is 7.55. The Balaban J connectivity index is 0.00000128. The molecule has 0 aromatic heterocycles. The zero-order valence-electron chi connectivity index (χ0n) is 9.47. The first-order chi connectivity index (χ1) is 7.24. The molecule has 0 amide bonds. The van der Waals surface area contributed by atoms with Gasteiger partial charge in [0, 0.05) is 0 Å². The lowest BCUT2D eigenvalue weighted by molar-refractivity contribution is 1.49. The van der Waals surface area contributed by atoms with Crippen molar-refractivity contribution in [1.82, 2.24) is 0 Å². The van der Waals surface area contributed by atoms with Crippen LogP contribution in [0.5, 0.6) is 0 Å². The number of halogens is 1. The van der Waals surface area contributed by atoms with Crippen LogP contribution in [0.25, 0.3) is 0 Å². The highest BCUT2D eigenvalue weighted by atomic mass is 35.5. The van der Waals surface area contributed by atoms with Crippen LogP contribution >= 0.6 is 21.0 Å². The molecule has 83 valence electrons. The molecule has 16 heavy (non-hydrogen) atoms. The lowest BCUT2D eigenvalue weighted by atomic mass is 10.2. The number of benzene rings is 2. The van der Waals surface area contributed by atoms with Crippen LogP contribution in [-0.4, -0.2) is 0 Å². The molecule has 0 spiro atoms. The van der Waals surface area contributed by atoms with E-state index in [1.807, 2.05) is 0 Å². The number of aryl methyl sites for hydroxylation is 2. The second-order valence-electron chi connectivity index (χ2n) is 3.78. The third-order valence-corrected chi connectivity index (χ3v) is 3.44. The SMILES string of the molecule is Cc1ccc([P]c2ccc(C)cc2)cc1.Cl. The van der Waals surface area contributed by atoms with Crippen molar-refractivity contribution in [2.75, 3.05) is 0 Å². The van der Waals surface area contributed by atoms with Gasteiger partial charge in [0.05, 0.1) is 0 Å². The largest absolute Gasteiger partial charge is 0.147 e. The maximum Gasteiger partial charge on any atom is -0.0100 e. The molecule has 0 aliphatic heterocycles. The molecule has 2 aromatic rings. The van der Waals surface area contributed by atoms with E-state index in [2.05, 4.69) is 62.4 Å². The van der Waals surface area contributed by atoms with E-state index in [1.54, 1.807) is 0 Å². The van der Waals surface area contributed by atoms with Crippen molar-refractivity contribution in [1.29, 1.82) is 0 Å². The third-order valence-electron chi connectivity index (χ3n) is 2.33. The standard InChI is InChI=1S/C14H14P.ClH/c1-11-3-7-13(8-4-11)15-14-9-5-12(2)6-10-14;/h3-10H,1-2H3;1H. The predicted octanol–water partition coefficient (Wildman–Crippen LogP) is 3.62. The summed E-state index contributed by atoms with van der Waals surface area (Å²) in [5.74, 6) is 0. The van der Waals surface area contributed by atoms with Crippen molar-refractivity contribution >= 4 is 31.6 Å². The van der Waals surface area contributed by atoms with Crippen LogP contribution in [0.15, 0.2) is 48.5 Å². The van der Waals surface area contributed by atoms with Gasteiger partial charge in [-0.15, -0.1) is 12.4 Å². The smallest absolute Gasteiger partial charge is 0.0100 e. The molecule has 2 aromatic carbocycles. The quantitative estimate of drug-likeness (QED) is 0.713. The van der Waals surface area contributed by atoms with Gasteiger partial charge < -0.3 is 0 Å². The van der Waals surface area contributed by atoms with Gasteiger partial charge in [0.25, 0.3) is 0 Å². The Morgan fingerprint density at radius 3 is 1.25 bits per heavy atom. The van der Waals surface area contributed by atoms with Gasteiger partial charge in [0.1, 0.15) is 0 Å². The van der Waals surface area contributed by atoms with Crippen LogP contribution in [0.4, 0.5) is 0 Å². The fourth-order valence-electron chi connectivity index (χ4n) is 1.39. The van der Waals surface area contributed by atoms with E-state index in [9.17, 15) is 0 Å². The van der Waals surface area contributed by atoms with Crippen molar-refractivity contribution in [3.63, 3.8) is 0 Å². The van der Waals surface area contributed by atoms with Crippen molar-refractivity contribution < 1.29 is 0 Å². The highest BCUT2D eigenvalue weighted by Gasteiger charge is 1.96. The van der Waals surface area contributed by atoms with Crippen LogP contribution in [0.1, 0.15) is 11.1 Å². The van der Waals surface area contributed by atoms with Crippen molar-refractivity contribution in [2.24, 2.45) is 0 Å². The first kappa shape index (κ1) is 13.2. The molecule has 0 unspecified atom stereocenters. The van der Waals surface area contributed by atoms with Gasteiger partial charge in [-0.2, -0.15) is 0 Å². The van der Waals surface area contributed by atoms with Crippen LogP contribution in [0, 0.1) is 13.8 Å². The highest BCUT2D eigenvalue weighted by Crippen LogP contribution is 2.11. The normalized spacial score (nSPS) is 9.62. The van der Waals surface area contributed by atoms with Crippen molar-refractivity contribution in [3.05, 3.63) is 59.7 Å². The zero-order chi connectivity index (χ0) is 10.7. The molecule has 0 nitrogen and oxygen atoms in total. The van der Waals surface area contributed by atoms with Gasteiger partial charge in [-0.3, -0.25) is 0 Å². The number of rotatable bonds is 2. The molecule has 0 heterocycles. The Bertz CT molecular complexity index is 388. The predicted molar refractivity (Wildman–Crippen MR) is 75.8 cm³/mol. The maximum atomic E-state index is 2.19. The summed E-state index contributed by atoms with van der Waals surface area (Å²) >= 11 is 0. The Kier molecular flexibility index (Phi) is 4.99. The van der Waals surface area contributed by atoms with Gasteiger partial charge in [0.15, 0.2) is 0 Å². The van der Waals surface area contributed by atoms with Gasteiger partial charge in [-0.05, 0) is 33.0 Å². The minimum absolute atomic E-state index is 0. The summed E-state index contributed by atoms with van der Waals surface area (Å²) in [5.41, 5.74) is 2.63. The molecular weight excluding hydrogens is 235 g/mol. The summed E-state index contributed by atoms with van der Waals surface area (Å²) in [6.45, 7) is 4.24. The van der Waals surface area contributed by atoms with Crippen LogP contribution in [0.2, 0.25) is 0 Å². The second kappa shape index (κ2) is 6.03. The van der Waals surface area contributed by atoms with Gasteiger partial charge in [-0.25, -0.2) is 0 Å². The summed E-state index contributed by atoms with van der Waals surface area (Å²) in [6.07, 6.45) is 0. The van der Waals surface area contributed by atoms with Crippen LogP contribution in [-0.2, 0) is 0 Å². The monoisotopic (exact) mass is 249 g/mol. The molecular formula is C14H15ClP. The lowest BCUT2D eigenvalue weighted by Gasteiger charge is -2.02. The second-order valence-corrected chi connectivity index (χ2v) is 5.04. The average molecular weight is 250 g/mol. The Labute approximate surface area is 105 Å². The Morgan fingerprint density at radius 2 is 0.938 bits per heavy atom. The first-order valence-corrected chi connectivity index (χ1v) is 5.98. The first-order valence-electron chi connectivity index (χ1n) is 5.09. The molecule has 2 rings (SSSR count). The van der Waals surface area contributed by atoms with Gasteiger partial charge in [-0.1, -0.05) is 59.7 Å². The van der Waals surface area contributed by atoms with Crippen molar-refractivity contribution in [2.45, 2.75) is 13.8 Å². The fraction of sp³-hybridized carbons (Fsp3) is 0.143. The summed E-state index contributed by atoms with van der Waals surface area (Å²) < 4.78 is 0. The summed E-state index contributed by atoms with van der Waals surface area (Å²) in [6, 6.07) is 17.4. The molecule has 1 radical (unpaired) electrons. The van der Waals surface area contributed by atoms with Crippen molar-refractivity contribution in [3.8, 4) is 0 Å². The molecule has 2 heteroatoms. The zero-order valence-corrected chi connectivity index (χ0v) is 11.2. The Hall–Kier alpha value is -0.840. The van der Waals surface area contributed by atoms with E-state index in [0.717, 1.165) is 0 Å². The van der Waals surface area contributed by atoms with E-state index in [4.69, 9.17) is 0 Å². The summed E-state index contributed by atoms with van der Waals surface area (Å²) in [7, 11) is 1.29. The van der Waals surface area contributed by atoms with E-state index in [-0.39, 0.29) is 12.4 Å². The number of hydrogen-bond acceptors (Lipinski definition) is 0. The van der Waals surface area contributed by atoms with E-state index >= 15 is 0 Å². The topological polar surface area (TPSA) is 0 Å². The lowest BCUT2D eigenvalue weighted by Crippen LogP contribution is -2.02. The molecule has 0 N–H and O–H groups in total. The molecule has 0 fully saturated rings. The van der Waals surface area contributed by atoms with Gasteiger partial charge >= 0.3 is 0 Å². The molecule has 0 aliphatic carbocycles. The van der Waals surface area contributed by atoms with Gasteiger partial charge in [0.2, 0.25) is 0 Å². The molecule has 0 saturated carbocycles. The summed E-state index contributed by atoms with van der Waals surface area (Å²) in [4.78, 5) is 0. The Morgan fingerprint density at radius 1 is 0.625 bits per heavy atom. The molecule has 0 saturated heterocycles. The summed E-state index contributed by atoms with van der Waals surface area (Å²) in [5, 5.41) is 2.70. The minimum atomic E-state index is 0. The fourth-order valence-corrected chi connectivity index (χ4v) is 2.28. The van der Waals surface area contributed by atoms with E-state index in [1.165, 1.54) is 30.3 Å². The van der Waals surface area contributed by atoms with Crippen LogP contribution < -0.4 is 10.6 Å². The maximum absolute atomic E-state index is 2.19. The average Bonchev–Trinajstić information content (AvgIpc) is 2.25. The minimum Gasteiger partial charge on any atom is -0.147 e. The number of hydrogen-bond donors (Lipinski definition) is 0. The molecule has 0 atom stereocenters. The molecule has 0 aliphatic rings. The van der Waals surface area contributed by atoms with E-state index in [0.29, 0.717) is 0 Å². The van der Waals surface area contributed by atoms with E-state index < -0.39 is 0 Å². The molecule has 0 bridgehead atoms.